The average Bonchev–Trinajstić information content (AvgIpc) is 2.43. The van der Waals surface area contributed by atoms with Crippen molar-refractivity contribution in [1.29, 1.82) is 0 Å². The summed E-state index contributed by atoms with van der Waals surface area (Å²) in [5, 5.41) is 0. The molecular weight excluding hydrogens is 276 g/mol. The summed E-state index contributed by atoms with van der Waals surface area (Å²) in [4.78, 5) is 35.0. The summed E-state index contributed by atoms with van der Waals surface area (Å²) in [6.45, 7) is 7.66. The third-order valence-electron chi connectivity index (χ3n) is 3.05. The summed E-state index contributed by atoms with van der Waals surface area (Å²) in [5.41, 5.74) is 0. The monoisotopic (exact) mass is 302 g/mol. The number of carbonyl (C=O) groups excluding carboxylic acids is 3. The van der Waals surface area contributed by atoms with E-state index >= 15 is 0 Å². The zero-order chi connectivity index (χ0) is 16.3. The molecule has 0 aliphatic heterocycles. The topological polar surface area (TPSA) is 78.9 Å². The summed E-state index contributed by atoms with van der Waals surface area (Å²) in [6, 6.07) is 0. The van der Waals surface area contributed by atoms with E-state index in [0.717, 1.165) is 0 Å². The standard InChI is InChI=1S/C15H26O6/c1-5-19-13(16)10-8-9-12(15(18)21-7-3)11(4)14(17)20-6-2/h11-12H,5-10H2,1-4H3. The largest absolute Gasteiger partial charge is 0.466 e. The first-order valence-electron chi connectivity index (χ1n) is 7.46. The van der Waals surface area contributed by atoms with E-state index in [-0.39, 0.29) is 25.6 Å². The normalized spacial score (nSPS) is 13.1. The van der Waals surface area contributed by atoms with Gasteiger partial charge in [-0.25, -0.2) is 0 Å². The van der Waals surface area contributed by atoms with Crippen molar-refractivity contribution in [1.82, 2.24) is 0 Å². The van der Waals surface area contributed by atoms with Crippen LogP contribution in [0.5, 0.6) is 0 Å². The summed E-state index contributed by atoms with van der Waals surface area (Å²) in [6.07, 6.45) is 1.07. The summed E-state index contributed by atoms with van der Waals surface area (Å²) in [7, 11) is 0. The number of rotatable bonds is 10. The van der Waals surface area contributed by atoms with E-state index in [9.17, 15) is 14.4 Å². The molecule has 0 spiro atoms. The van der Waals surface area contributed by atoms with Gasteiger partial charge in [-0.2, -0.15) is 0 Å². The fourth-order valence-electron chi connectivity index (χ4n) is 1.96. The first kappa shape index (κ1) is 19.4. The molecule has 0 bridgehead atoms. The van der Waals surface area contributed by atoms with Crippen LogP contribution >= 0.6 is 0 Å². The highest BCUT2D eigenvalue weighted by Crippen LogP contribution is 2.22. The molecule has 0 aromatic carbocycles. The first-order valence-corrected chi connectivity index (χ1v) is 7.46. The van der Waals surface area contributed by atoms with Crippen molar-refractivity contribution >= 4 is 17.9 Å². The van der Waals surface area contributed by atoms with Crippen molar-refractivity contribution in [3.63, 3.8) is 0 Å². The Morgan fingerprint density at radius 1 is 0.857 bits per heavy atom. The van der Waals surface area contributed by atoms with E-state index in [1.807, 2.05) is 0 Å². The van der Waals surface area contributed by atoms with Crippen LogP contribution in [0, 0.1) is 11.8 Å². The van der Waals surface area contributed by atoms with Gasteiger partial charge in [-0.1, -0.05) is 6.92 Å². The zero-order valence-corrected chi connectivity index (χ0v) is 13.3. The van der Waals surface area contributed by atoms with Gasteiger partial charge >= 0.3 is 17.9 Å². The minimum atomic E-state index is -0.599. The van der Waals surface area contributed by atoms with Crippen molar-refractivity contribution in [3.05, 3.63) is 0 Å². The Morgan fingerprint density at radius 3 is 1.90 bits per heavy atom. The van der Waals surface area contributed by atoms with E-state index in [0.29, 0.717) is 19.4 Å². The third-order valence-corrected chi connectivity index (χ3v) is 3.05. The van der Waals surface area contributed by atoms with Crippen LogP contribution in [0.1, 0.15) is 47.0 Å². The molecule has 0 aromatic heterocycles. The summed E-state index contributed by atoms with van der Waals surface area (Å²) >= 11 is 0. The molecule has 0 fully saturated rings. The molecule has 2 atom stereocenters. The Kier molecular flexibility index (Phi) is 10.3. The number of carbonyl (C=O) groups is 3. The van der Waals surface area contributed by atoms with Crippen molar-refractivity contribution < 1.29 is 28.6 Å². The second kappa shape index (κ2) is 11.1. The minimum Gasteiger partial charge on any atom is -0.466 e. The lowest BCUT2D eigenvalue weighted by molar-refractivity contribution is -0.160. The SMILES string of the molecule is CCOC(=O)CCCC(C(=O)OCC)C(C)C(=O)OCC. The van der Waals surface area contributed by atoms with E-state index < -0.39 is 23.8 Å². The molecule has 0 radical (unpaired) electrons. The molecule has 0 saturated carbocycles. The van der Waals surface area contributed by atoms with E-state index in [4.69, 9.17) is 14.2 Å². The molecule has 0 aromatic rings. The molecule has 6 nitrogen and oxygen atoms in total. The molecule has 0 aliphatic carbocycles. The van der Waals surface area contributed by atoms with Gasteiger partial charge in [0.25, 0.3) is 0 Å². The molecule has 0 amide bonds. The molecule has 122 valence electrons. The Morgan fingerprint density at radius 2 is 1.38 bits per heavy atom. The first-order chi connectivity index (χ1) is 9.97. The van der Waals surface area contributed by atoms with Gasteiger partial charge in [0.05, 0.1) is 31.7 Å². The van der Waals surface area contributed by atoms with Gasteiger partial charge in [-0.15, -0.1) is 0 Å². The quantitative estimate of drug-likeness (QED) is 0.454. The Labute approximate surface area is 126 Å². The molecule has 0 aliphatic rings. The van der Waals surface area contributed by atoms with Gasteiger partial charge in [0.1, 0.15) is 0 Å². The molecule has 21 heavy (non-hydrogen) atoms. The molecule has 6 heteroatoms. The van der Waals surface area contributed by atoms with Gasteiger partial charge in [0.15, 0.2) is 0 Å². The molecule has 0 heterocycles. The maximum Gasteiger partial charge on any atom is 0.309 e. The molecule has 0 N–H and O–H groups in total. The van der Waals surface area contributed by atoms with Crippen LogP contribution in [-0.2, 0) is 28.6 Å². The number of esters is 3. The molecule has 2 unspecified atom stereocenters. The number of hydrogen-bond acceptors (Lipinski definition) is 6. The predicted molar refractivity (Wildman–Crippen MR) is 76.4 cm³/mol. The minimum absolute atomic E-state index is 0.222. The van der Waals surface area contributed by atoms with Gasteiger partial charge < -0.3 is 14.2 Å². The highest BCUT2D eigenvalue weighted by Gasteiger charge is 2.32. The van der Waals surface area contributed by atoms with Crippen LogP contribution in [0.15, 0.2) is 0 Å². The summed E-state index contributed by atoms with van der Waals surface area (Å²) in [5.74, 6) is -2.35. The second-order valence-corrected chi connectivity index (χ2v) is 4.60. The van der Waals surface area contributed by atoms with Gasteiger partial charge in [0, 0.05) is 6.42 Å². The fourth-order valence-corrected chi connectivity index (χ4v) is 1.96. The van der Waals surface area contributed by atoms with Gasteiger partial charge in [0.2, 0.25) is 0 Å². The van der Waals surface area contributed by atoms with Crippen LogP contribution in [0.3, 0.4) is 0 Å². The van der Waals surface area contributed by atoms with Crippen molar-refractivity contribution in [2.45, 2.75) is 47.0 Å². The van der Waals surface area contributed by atoms with E-state index in [2.05, 4.69) is 0 Å². The maximum atomic E-state index is 11.9. The highest BCUT2D eigenvalue weighted by molar-refractivity contribution is 5.81. The fraction of sp³-hybridized carbons (Fsp3) is 0.800. The molecule has 0 saturated heterocycles. The number of hydrogen-bond donors (Lipinski definition) is 0. The molecular formula is C15H26O6. The predicted octanol–water partition coefficient (Wildman–Crippen LogP) is 2.10. The van der Waals surface area contributed by atoms with Crippen molar-refractivity contribution in [2.24, 2.45) is 11.8 Å². The Hall–Kier alpha value is -1.59. The Bertz CT molecular complexity index is 339. The van der Waals surface area contributed by atoms with Crippen LogP contribution in [-0.4, -0.2) is 37.7 Å². The van der Waals surface area contributed by atoms with E-state index in [1.165, 1.54) is 0 Å². The van der Waals surface area contributed by atoms with Crippen LogP contribution < -0.4 is 0 Å². The third kappa shape index (κ3) is 7.68. The number of ether oxygens (including phenoxy) is 3. The highest BCUT2D eigenvalue weighted by atomic mass is 16.5. The Balaban J connectivity index is 4.56. The van der Waals surface area contributed by atoms with E-state index in [1.54, 1.807) is 27.7 Å². The zero-order valence-electron chi connectivity index (χ0n) is 13.3. The van der Waals surface area contributed by atoms with Crippen LogP contribution in [0.2, 0.25) is 0 Å². The smallest absolute Gasteiger partial charge is 0.309 e. The lowest BCUT2D eigenvalue weighted by Gasteiger charge is -2.20. The summed E-state index contributed by atoms with van der Waals surface area (Å²) < 4.78 is 14.8. The van der Waals surface area contributed by atoms with Gasteiger partial charge in [-0.3, -0.25) is 14.4 Å². The average molecular weight is 302 g/mol. The maximum absolute atomic E-state index is 11.9. The lowest BCUT2D eigenvalue weighted by atomic mass is 9.89. The van der Waals surface area contributed by atoms with Crippen LogP contribution in [0.25, 0.3) is 0 Å². The molecule has 0 rings (SSSR count). The van der Waals surface area contributed by atoms with Crippen molar-refractivity contribution in [3.8, 4) is 0 Å². The van der Waals surface area contributed by atoms with Crippen LogP contribution in [0.4, 0.5) is 0 Å². The lowest BCUT2D eigenvalue weighted by Crippen LogP contribution is -2.31. The van der Waals surface area contributed by atoms with Gasteiger partial charge in [-0.05, 0) is 33.6 Å². The second-order valence-electron chi connectivity index (χ2n) is 4.60. The van der Waals surface area contributed by atoms with Crippen molar-refractivity contribution in [2.75, 3.05) is 19.8 Å².